The lowest BCUT2D eigenvalue weighted by atomic mass is 9.95. The Morgan fingerprint density at radius 3 is 2.21 bits per heavy atom. The summed E-state index contributed by atoms with van der Waals surface area (Å²) >= 11 is 0. The van der Waals surface area contributed by atoms with Crippen molar-refractivity contribution in [3.63, 3.8) is 0 Å². The molecule has 0 bridgehead atoms. The Morgan fingerprint density at radius 1 is 1.00 bits per heavy atom. The van der Waals surface area contributed by atoms with Crippen LogP contribution in [0.15, 0.2) is 48.5 Å². The van der Waals surface area contributed by atoms with Gasteiger partial charge in [-0.3, -0.25) is 4.79 Å². The molecule has 0 saturated heterocycles. The van der Waals surface area contributed by atoms with Gasteiger partial charge >= 0.3 is 0 Å². The second-order valence-electron chi connectivity index (χ2n) is 7.52. The van der Waals surface area contributed by atoms with Crippen molar-refractivity contribution in [2.45, 2.75) is 33.9 Å². The molecule has 0 unspecified atom stereocenters. The van der Waals surface area contributed by atoms with E-state index in [1.807, 2.05) is 32.9 Å². The molecule has 1 amide bonds. The second-order valence-corrected chi connectivity index (χ2v) is 7.52. The average Bonchev–Trinajstić information content (AvgIpc) is 2.52. The maximum absolute atomic E-state index is 12.1. The number of nitrogens with one attached hydrogen (secondary N) is 1. The summed E-state index contributed by atoms with van der Waals surface area (Å²) in [7, 11) is 4.14. The standard InChI is InChI=1S/C21H28N2O/c1-21(2,3)20(24)22-14-18-8-6-7-9-19(18)17-12-10-16(11-13-17)15-23(4)5/h6-13H,14-15H2,1-5H3,(H,22,24). The van der Waals surface area contributed by atoms with Gasteiger partial charge in [0.05, 0.1) is 0 Å². The fourth-order valence-corrected chi connectivity index (χ4v) is 2.55. The van der Waals surface area contributed by atoms with Gasteiger partial charge in [0.15, 0.2) is 0 Å². The van der Waals surface area contributed by atoms with Crippen LogP contribution in [0.25, 0.3) is 11.1 Å². The van der Waals surface area contributed by atoms with E-state index >= 15 is 0 Å². The molecule has 1 N–H and O–H groups in total. The number of carbonyl (C=O) groups is 1. The first-order chi connectivity index (χ1) is 11.3. The third-order valence-electron chi connectivity index (χ3n) is 3.90. The minimum absolute atomic E-state index is 0.0682. The van der Waals surface area contributed by atoms with Crippen LogP contribution in [0, 0.1) is 5.41 Å². The topological polar surface area (TPSA) is 32.3 Å². The first kappa shape index (κ1) is 18.2. The van der Waals surface area contributed by atoms with E-state index in [1.165, 1.54) is 16.7 Å². The van der Waals surface area contributed by atoms with Gasteiger partial charge in [-0.05, 0) is 36.3 Å². The van der Waals surface area contributed by atoms with Gasteiger partial charge in [-0.1, -0.05) is 69.3 Å². The summed E-state index contributed by atoms with van der Waals surface area (Å²) in [5.41, 5.74) is 4.40. The molecule has 3 heteroatoms. The van der Waals surface area contributed by atoms with Gasteiger partial charge < -0.3 is 10.2 Å². The van der Waals surface area contributed by atoms with Crippen LogP contribution in [-0.4, -0.2) is 24.9 Å². The third-order valence-corrected chi connectivity index (χ3v) is 3.90. The smallest absolute Gasteiger partial charge is 0.225 e. The summed E-state index contributed by atoms with van der Waals surface area (Å²) < 4.78 is 0. The van der Waals surface area contributed by atoms with Gasteiger partial charge in [-0.15, -0.1) is 0 Å². The van der Waals surface area contributed by atoms with Crippen LogP contribution in [0.3, 0.4) is 0 Å². The van der Waals surface area contributed by atoms with E-state index in [4.69, 9.17) is 0 Å². The first-order valence-electron chi connectivity index (χ1n) is 8.37. The zero-order valence-corrected chi connectivity index (χ0v) is 15.4. The van der Waals surface area contributed by atoms with Gasteiger partial charge in [0, 0.05) is 18.5 Å². The van der Waals surface area contributed by atoms with Gasteiger partial charge in [0.1, 0.15) is 0 Å². The van der Waals surface area contributed by atoms with E-state index in [0.717, 1.165) is 12.1 Å². The number of hydrogen-bond donors (Lipinski definition) is 1. The molecular formula is C21H28N2O. The first-order valence-corrected chi connectivity index (χ1v) is 8.37. The molecule has 0 radical (unpaired) electrons. The van der Waals surface area contributed by atoms with Gasteiger partial charge in [-0.25, -0.2) is 0 Å². The van der Waals surface area contributed by atoms with Gasteiger partial charge in [-0.2, -0.15) is 0 Å². The Morgan fingerprint density at radius 2 is 1.62 bits per heavy atom. The van der Waals surface area contributed by atoms with Crippen molar-refractivity contribution >= 4 is 5.91 Å². The number of benzene rings is 2. The summed E-state index contributed by atoms with van der Waals surface area (Å²) in [6.45, 7) is 7.27. The van der Waals surface area contributed by atoms with Crippen molar-refractivity contribution in [2.24, 2.45) is 5.41 Å². The van der Waals surface area contributed by atoms with Crippen molar-refractivity contribution in [1.82, 2.24) is 10.2 Å². The average molecular weight is 324 g/mol. The molecular weight excluding hydrogens is 296 g/mol. The van der Waals surface area contributed by atoms with E-state index in [9.17, 15) is 4.79 Å². The molecule has 0 spiro atoms. The fraction of sp³-hybridized carbons (Fsp3) is 0.381. The van der Waals surface area contributed by atoms with Crippen LogP contribution in [0.2, 0.25) is 0 Å². The molecule has 0 atom stereocenters. The second kappa shape index (κ2) is 7.63. The van der Waals surface area contributed by atoms with Crippen LogP contribution >= 0.6 is 0 Å². The highest BCUT2D eigenvalue weighted by molar-refractivity contribution is 5.81. The van der Waals surface area contributed by atoms with Crippen LogP contribution in [-0.2, 0) is 17.9 Å². The van der Waals surface area contributed by atoms with Crippen molar-refractivity contribution in [1.29, 1.82) is 0 Å². The van der Waals surface area contributed by atoms with Crippen LogP contribution in [0.4, 0.5) is 0 Å². The number of carbonyl (C=O) groups excluding carboxylic acids is 1. The highest BCUT2D eigenvalue weighted by Crippen LogP contribution is 2.24. The summed E-state index contributed by atoms with van der Waals surface area (Å²) in [6, 6.07) is 16.9. The molecule has 2 aromatic rings. The lowest BCUT2D eigenvalue weighted by Gasteiger charge is -2.19. The van der Waals surface area contributed by atoms with Gasteiger partial charge in [0.2, 0.25) is 5.91 Å². The molecule has 2 aromatic carbocycles. The Balaban J connectivity index is 2.18. The summed E-state index contributed by atoms with van der Waals surface area (Å²) in [5.74, 6) is 0.0682. The summed E-state index contributed by atoms with van der Waals surface area (Å²) in [6.07, 6.45) is 0. The summed E-state index contributed by atoms with van der Waals surface area (Å²) in [5, 5.41) is 3.04. The van der Waals surface area contributed by atoms with Crippen LogP contribution in [0.1, 0.15) is 31.9 Å². The number of nitrogens with zero attached hydrogens (tertiary/aromatic N) is 1. The maximum Gasteiger partial charge on any atom is 0.225 e. The molecule has 0 aliphatic rings. The van der Waals surface area contributed by atoms with E-state index in [-0.39, 0.29) is 11.3 Å². The Bertz CT molecular complexity index is 682. The molecule has 0 aliphatic heterocycles. The largest absolute Gasteiger partial charge is 0.352 e. The molecule has 24 heavy (non-hydrogen) atoms. The zero-order valence-electron chi connectivity index (χ0n) is 15.4. The van der Waals surface area contributed by atoms with E-state index in [2.05, 4.69) is 60.7 Å². The van der Waals surface area contributed by atoms with E-state index in [1.54, 1.807) is 0 Å². The molecule has 2 rings (SSSR count). The molecule has 0 saturated carbocycles. The SMILES string of the molecule is CN(C)Cc1ccc(-c2ccccc2CNC(=O)C(C)(C)C)cc1. The number of hydrogen-bond acceptors (Lipinski definition) is 2. The fourth-order valence-electron chi connectivity index (χ4n) is 2.55. The quantitative estimate of drug-likeness (QED) is 0.899. The monoisotopic (exact) mass is 324 g/mol. The molecule has 3 nitrogen and oxygen atoms in total. The predicted molar refractivity (Wildman–Crippen MR) is 101 cm³/mol. The Labute approximate surface area is 145 Å². The third kappa shape index (κ3) is 4.93. The number of amides is 1. The Kier molecular flexibility index (Phi) is 5.79. The minimum Gasteiger partial charge on any atom is -0.352 e. The lowest BCUT2D eigenvalue weighted by molar-refractivity contribution is -0.128. The minimum atomic E-state index is -0.372. The molecule has 0 heterocycles. The van der Waals surface area contributed by atoms with Crippen LogP contribution in [0.5, 0.6) is 0 Å². The molecule has 0 fully saturated rings. The highest BCUT2D eigenvalue weighted by Gasteiger charge is 2.20. The highest BCUT2D eigenvalue weighted by atomic mass is 16.2. The molecule has 0 aromatic heterocycles. The number of rotatable bonds is 5. The summed E-state index contributed by atoms with van der Waals surface area (Å²) in [4.78, 5) is 14.3. The van der Waals surface area contributed by atoms with Crippen LogP contribution < -0.4 is 5.32 Å². The van der Waals surface area contributed by atoms with Crippen molar-refractivity contribution < 1.29 is 4.79 Å². The van der Waals surface area contributed by atoms with Crippen molar-refractivity contribution in [2.75, 3.05) is 14.1 Å². The molecule has 128 valence electrons. The van der Waals surface area contributed by atoms with E-state index in [0.29, 0.717) is 6.54 Å². The normalized spacial score (nSPS) is 11.6. The van der Waals surface area contributed by atoms with Crippen molar-refractivity contribution in [3.05, 3.63) is 59.7 Å². The van der Waals surface area contributed by atoms with Gasteiger partial charge in [0.25, 0.3) is 0 Å². The Hall–Kier alpha value is -2.13. The maximum atomic E-state index is 12.1. The van der Waals surface area contributed by atoms with Crippen molar-refractivity contribution in [3.8, 4) is 11.1 Å². The lowest BCUT2D eigenvalue weighted by Crippen LogP contribution is -2.34. The van der Waals surface area contributed by atoms with E-state index < -0.39 is 0 Å². The predicted octanol–water partition coefficient (Wildman–Crippen LogP) is 4.08. The molecule has 0 aliphatic carbocycles. The zero-order chi connectivity index (χ0) is 17.7.